The van der Waals surface area contributed by atoms with E-state index >= 15 is 0 Å². The zero-order chi connectivity index (χ0) is 12.4. The smallest absolute Gasteiger partial charge is 0.293 e. The van der Waals surface area contributed by atoms with Crippen LogP contribution in [0.1, 0.15) is 31.9 Å². The van der Waals surface area contributed by atoms with E-state index in [9.17, 15) is 4.79 Å². The molecule has 0 saturated carbocycles. The molecule has 0 atom stereocenters. The van der Waals surface area contributed by atoms with Crippen LogP contribution in [0.15, 0.2) is 24.0 Å². The van der Waals surface area contributed by atoms with Gasteiger partial charge in [-0.15, -0.1) is 0 Å². The molecule has 88 valence electrons. The fourth-order valence-corrected chi connectivity index (χ4v) is 1.01. The zero-order valence-corrected chi connectivity index (χ0v) is 10.4. The minimum atomic E-state index is 0.431. The second-order valence-corrected chi connectivity index (χ2v) is 3.51. The lowest BCUT2D eigenvalue weighted by Crippen LogP contribution is -1.81. The highest BCUT2D eigenvalue weighted by Crippen LogP contribution is 2.09. The predicted octanol–water partition coefficient (Wildman–Crippen LogP) is 2.99. The van der Waals surface area contributed by atoms with Crippen LogP contribution in [0.2, 0.25) is 0 Å². The summed E-state index contributed by atoms with van der Waals surface area (Å²) in [6.45, 7) is 8.94. The SMILES string of the molecule is CC(C)=Cc1cnccc1C.CCOC=O. The van der Waals surface area contributed by atoms with E-state index in [-0.39, 0.29) is 0 Å². The maximum Gasteiger partial charge on any atom is 0.293 e. The maximum absolute atomic E-state index is 9.18. The zero-order valence-electron chi connectivity index (χ0n) is 10.4. The largest absolute Gasteiger partial charge is 0.468 e. The predicted molar refractivity (Wildman–Crippen MR) is 66.0 cm³/mol. The van der Waals surface area contributed by atoms with E-state index < -0.39 is 0 Å². The normalized spacial score (nSPS) is 8.50. The Kier molecular flexibility index (Phi) is 7.76. The number of carbonyl (C=O) groups is 1. The Morgan fingerprint density at radius 2 is 2.19 bits per heavy atom. The van der Waals surface area contributed by atoms with Gasteiger partial charge in [0, 0.05) is 12.4 Å². The molecule has 0 aliphatic heterocycles. The van der Waals surface area contributed by atoms with Gasteiger partial charge in [0.25, 0.3) is 6.47 Å². The van der Waals surface area contributed by atoms with Crippen LogP contribution in [0.25, 0.3) is 6.08 Å². The Bertz CT molecular complexity index is 342. The number of nitrogens with zero attached hydrogens (tertiary/aromatic N) is 1. The Balaban J connectivity index is 0.000000385. The van der Waals surface area contributed by atoms with Crippen molar-refractivity contribution >= 4 is 12.5 Å². The first-order chi connectivity index (χ1) is 7.61. The van der Waals surface area contributed by atoms with Gasteiger partial charge >= 0.3 is 0 Å². The summed E-state index contributed by atoms with van der Waals surface area (Å²) in [7, 11) is 0. The summed E-state index contributed by atoms with van der Waals surface area (Å²) in [6, 6.07) is 2.02. The van der Waals surface area contributed by atoms with Gasteiger partial charge in [0.1, 0.15) is 0 Å². The number of hydrogen-bond donors (Lipinski definition) is 0. The lowest BCUT2D eigenvalue weighted by molar-refractivity contribution is -0.128. The van der Waals surface area contributed by atoms with E-state index in [0.29, 0.717) is 13.1 Å². The second-order valence-electron chi connectivity index (χ2n) is 3.51. The number of allylic oxidation sites excluding steroid dienone is 1. The number of rotatable bonds is 3. The van der Waals surface area contributed by atoms with Gasteiger partial charge in [-0.25, -0.2) is 0 Å². The fourth-order valence-electron chi connectivity index (χ4n) is 1.01. The molecule has 0 aromatic carbocycles. The van der Waals surface area contributed by atoms with E-state index in [1.807, 2.05) is 18.5 Å². The number of hydrogen-bond acceptors (Lipinski definition) is 3. The molecule has 0 radical (unpaired) electrons. The van der Waals surface area contributed by atoms with E-state index in [0.717, 1.165) is 0 Å². The summed E-state index contributed by atoms with van der Waals surface area (Å²) < 4.78 is 4.15. The number of carbonyl (C=O) groups excluding carboxylic acids is 1. The molecule has 3 nitrogen and oxygen atoms in total. The van der Waals surface area contributed by atoms with Crippen molar-refractivity contribution in [3.05, 3.63) is 35.2 Å². The third kappa shape index (κ3) is 6.76. The van der Waals surface area contributed by atoms with E-state index in [1.54, 1.807) is 6.92 Å². The van der Waals surface area contributed by atoms with Crippen LogP contribution in [0.4, 0.5) is 0 Å². The molecule has 1 aromatic rings. The van der Waals surface area contributed by atoms with Crippen molar-refractivity contribution in [3.63, 3.8) is 0 Å². The molecule has 1 aromatic heterocycles. The molecule has 16 heavy (non-hydrogen) atoms. The van der Waals surface area contributed by atoms with Crippen LogP contribution in [-0.2, 0) is 9.53 Å². The van der Waals surface area contributed by atoms with Gasteiger partial charge in [-0.3, -0.25) is 9.78 Å². The molecule has 1 rings (SSSR count). The molecule has 0 spiro atoms. The molecule has 0 fully saturated rings. The molecule has 0 N–H and O–H groups in total. The molecule has 0 unspecified atom stereocenters. The molecule has 3 heteroatoms. The monoisotopic (exact) mass is 221 g/mol. The van der Waals surface area contributed by atoms with Gasteiger partial charge in [0.15, 0.2) is 0 Å². The van der Waals surface area contributed by atoms with Crippen molar-refractivity contribution in [3.8, 4) is 0 Å². The lowest BCUT2D eigenvalue weighted by Gasteiger charge is -1.98. The summed E-state index contributed by atoms with van der Waals surface area (Å²) in [5.74, 6) is 0. The van der Waals surface area contributed by atoms with Crippen molar-refractivity contribution < 1.29 is 9.53 Å². The molecule has 0 aliphatic carbocycles. The van der Waals surface area contributed by atoms with Crippen LogP contribution in [0.3, 0.4) is 0 Å². The first-order valence-electron chi connectivity index (χ1n) is 5.22. The summed E-state index contributed by atoms with van der Waals surface area (Å²) in [4.78, 5) is 13.2. The van der Waals surface area contributed by atoms with Gasteiger partial charge < -0.3 is 4.74 Å². The summed E-state index contributed by atoms with van der Waals surface area (Å²) in [5.41, 5.74) is 3.80. The van der Waals surface area contributed by atoms with Crippen molar-refractivity contribution in [2.24, 2.45) is 0 Å². The molecule has 0 saturated heterocycles. The van der Waals surface area contributed by atoms with E-state index in [2.05, 4.69) is 36.6 Å². The molecular formula is C13H19NO2. The van der Waals surface area contributed by atoms with Gasteiger partial charge in [-0.05, 0) is 44.9 Å². The van der Waals surface area contributed by atoms with Gasteiger partial charge in [-0.2, -0.15) is 0 Å². The third-order valence-electron chi connectivity index (χ3n) is 1.76. The van der Waals surface area contributed by atoms with E-state index in [4.69, 9.17) is 0 Å². The number of aromatic nitrogens is 1. The molecule has 0 bridgehead atoms. The molecule has 0 aliphatic rings. The average Bonchev–Trinajstić information content (AvgIpc) is 2.23. The Morgan fingerprint density at radius 1 is 1.50 bits per heavy atom. The fraction of sp³-hybridized carbons (Fsp3) is 0.385. The van der Waals surface area contributed by atoms with Crippen LogP contribution in [0, 0.1) is 6.92 Å². The third-order valence-corrected chi connectivity index (χ3v) is 1.76. The highest BCUT2D eigenvalue weighted by molar-refractivity contribution is 5.54. The molecule has 0 amide bonds. The lowest BCUT2D eigenvalue weighted by atomic mass is 10.1. The number of pyridine rings is 1. The van der Waals surface area contributed by atoms with Crippen molar-refractivity contribution in [2.45, 2.75) is 27.7 Å². The van der Waals surface area contributed by atoms with Crippen molar-refractivity contribution in [1.29, 1.82) is 0 Å². The highest BCUT2D eigenvalue weighted by Gasteiger charge is 1.91. The topological polar surface area (TPSA) is 39.2 Å². The van der Waals surface area contributed by atoms with Gasteiger partial charge in [0.05, 0.1) is 6.61 Å². The average molecular weight is 221 g/mol. The Labute approximate surface area is 97.2 Å². The van der Waals surface area contributed by atoms with Gasteiger partial charge in [0.2, 0.25) is 0 Å². The highest BCUT2D eigenvalue weighted by atomic mass is 16.5. The van der Waals surface area contributed by atoms with E-state index in [1.165, 1.54) is 16.7 Å². The number of ether oxygens (including phenoxy) is 1. The first-order valence-corrected chi connectivity index (χ1v) is 5.22. The van der Waals surface area contributed by atoms with Crippen LogP contribution in [-0.4, -0.2) is 18.1 Å². The minimum absolute atomic E-state index is 0.431. The minimum Gasteiger partial charge on any atom is -0.468 e. The van der Waals surface area contributed by atoms with Crippen molar-refractivity contribution in [2.75, 3.05) is 6.61 Å². The standard InChI is InChI=1S/C10H13N.C3H6O2/c1-8(2)6-10-7-11-5-4-9(10)3;1-2-5-3-4/h4-7H,1-3H3;3H,2H2,1H3. The second kappa shape index (κ2) is 8.65. The molecular weight excluding hydrogens is 202 g/mol. The first kappa shape index (κ1) is 14.4. The summed E-state index contributed by atoms with van der Waals surface area (Å²) in [6.07, 6.45) is 5.85. The maximum atomic E-state index is 9.18. The molecule has 1 heterocycles. The quantitative estimate of drug-likeness (QED) is 0.736. The Hall–Kier alpha value is -1.64. The van der Waals surface area contributed by atoms with Crippen LogP contribution < -0.4 is 0 Å². The van der Waals surface area contributed by atoms with Crippen molar-refractivity contribution in [1.82, 2.24) is 4.98 Å². The van der Waals surface area contributed by atoms with Crippen LogP contribution >= 0.6 is 0 Å². The van der Waals surface area contributed by atoms with Crippen LogP contribution in [0.5, 0.6) is 0 Å². The summed E-state index contributed by atoms with van der Waals surface area (Å²) in [5, 5.41) is 0. The Morgan fingerprint density at radius 3 is 2.56 bits per heavy atom. The summed E-state index contributed by atoms with van der Waals surface area (Å²) >= 11 is 0. The van der Waals surface area contributed by atoms with Gasteiger partial charge in [-0.1, -0.05) is 11.6 Å². The number of aryl methyl sites for hydroxylation is 1.